The number of anilines is 1. The second-order valence-electron chi connectivity index (χ2n) is 5.03. The fraction of sp³-hybridized carbons (Fsp3) is 0.294. The molecule has 0 aliphatic rings. The molecule has 0 bridgehead atoms. The molecule has 0 saturated heterocycles. The van der Waals surface area contributed by atoms with Gasteiger partial charge in [-0.2, -0.15) is 0 Å². The van der Waals surface area contributed by atoms with Gasteiger partial charge in [-0.3, -0.25) is 9.59 Å². The lowest BCUT2D eigenvalue weighted by Gasteiger charge is -2.09. The molecule has 0 radical (unpaired) electrons. The van der Waals surface area contributed by atoms with Gasteiger partial charge in [0.05, 0.1) is 4.83 Å². The molecule has 0 saturated carbocycles. The van der Waals surface area contributed by atoms with Crippen LogP contribution in [0.25, 0.3) is 10.8 Å². The zero-order valence-corrected chi connectivity index (χ0v) is 14.0. The van der Waals surface area contributed by atoms with E-state index in [-0.39, 0.29) is 23.1 Å². The molecule has 1 atom stereocenters. The summed E-state index contributed by atoms with van der Waals surface area (Å²) in [6.07, 6.45) is 0.969. The predicted molar refractivity (Wildman–Crippen MR) is 93.2 cm³/mol. The number of alkyl halides is 1. The van der Waals surface area contributed by atoms with Gasteiger partial charge in [0, 0.05) is 18.7 Å². The van der Waals surface area contributed by atoms with E-state index in [2.05, 4.69) is 26.6 Å². The van der Waals surface area contributed by atoms with Crippen molar-refractivity contribution < 1.29 is 9.59 Å². The minimum atomic E-state index is -0.198. The highest BCUT2D eigenvalue weighted by Gasteiger charge is 2.12. The van der Waals surface area contributed by atoms with Crippen LogP contribution in [0.2, 0.25) is 0 Å². The number of benzene rings is 2. The third-order valence-corrected chi connectivity index (χ3v) is 4.39. The third kappa shape index (κ3) is 4.56. The van der Waals surface area contributed by atoms with Crippen LogP contribution in [0.1, 0.15) is 19.8 Å². The Balaban J connectivity index is 1.84. The Morgan fingerprint density at radius 2 is 1.86 bits per heavy atom. The molecule has 0 spiro atoms. The van der Waals surface area contributed by atoms with Crippen LogP contribution in [0.5, 0.6) is 0 Å². The van der Waals surface area contributed by atoms with Gasteiger partial charge in [0.25, 0.3) is 0 Å². The highest BCUT2D eigenvalue weighted by atomic mass is 79.9. The Labute approximate surface area is 138 Å². The number of nitrogens with one attached hydrogen (secondary N) is 2. The lowest BCUT2D eigenvalue weighted by atomic mass is 10.1. The highest BCUT2D eigenvalue weighted by molar-refractivity contribution is 9.10. The summed E-state index contributed by atoms with van der Waals surface area (Å²) in [7, 11) is 0. The van der Waals surface area contributed by atoms with E-state index in [9.17, 15) is 9.59 Å². The van der Waals surface area contributed by atoms with Gasteiger partial charge < -0.3 is 10.6 Å². The number of hydrogen-bond acceptors (Lipinski definition) is 2. The van der Waals surface area contributed by atoms with Crippen molar-refractivity contribution in [2.75, 3.05) is 11.9 Å². The Bertz CT molecular complexity index is 673. The van der Waals surface area contributed by atoms with E-state index in [0.717, 1.165) is 22.9 Å². The maximum Gasteiger partial charge on any atom is 0.233 e. The van der Waals surface area contributed by atoms with Crippen molar-refractivity contribution in [1.82, 2.24) is 5.32 Å². The topological polar surface area (TPSA) is 58.2 Å². The Kier molecular flexibility index (Phi) is 5.95. The first-order chi connectivity index (χ1) is 10.6. The molecule has 0 aliphatic carbocycles. The molecule has 2 N–H and O–H groups in total. The third-order valence-electron chi connectivity index (χ3n) is 3.33. The molecule has 0 heterocycles. The van der Waals surface area contributed by atoms with E-state index >= 15 is 0 Å². The summed E-state index contributed by atoms with van der Waals surface area (Å²) in [5, 5.41) is 7.80. The number of carbonyl (C=O) groups excluding carboxylic acids is 2. The summed E-state index contributed by atoms with van der Waals surface area (Å²) in [4.78, 5) is 23.3. The summed E-state index contributed by atoms with van der Waals surface area (Å²) < 4.78 is 0. The maximum absolute atomic E-state index is 11.9. The van der Waals surface area contributed by atoms with Crippen molar-refractivity contribution in [2.24, 2.45) is 0 Å². The maximum atomic E-state index is 11.9. The van der Waals surface area contributed by atoms with Crippen molar-refractivity contribution >= 4 is 44.2 Å². The molecular formula is C17H19BrN2O2. The number of halogens is 1. The molecule has 2 rings (SSSR count). The van der Waals surface area contributed by atoms with Gasteiger partial charge in [-0.05, 0) is 29.3 Å². The lowest BCUT2D eigenvalue weighted by Crippen LogP contribution is -2.33. The fourth-order valence-corrected chi connectivity index (χ4v) is 2.25. The molecule has 0 fully saturated rings. The molecule has 4 nitrogen and oxygen atoms in total. The minimum Gasteiger partial charge on any atom is -0.355 e. The van der Waals surface area contributed by atoms with E-state index < -0.39 is 0 Å². The number of rotatable bonds is 6. The Hall–Kier alpha value is -1.88. The molecule has 22 heavy (non-hydrogen) atoms. The summed E-state index contributed by atoms with van der Waals surface area (Å²) in [6.45, 7) is 2.26. The van der Waals surface area contributed by atoms with Crippen LogP contribution in [0.15, 0.2) is 42.5 Å². The molecule has 2 aromatic carbocycles. The molecule has 2 aromatic rings. The van der Waals surface area contributed by atoms with Crippen molar-refractivity contribution in [3.05, 3.63) is 42.5 Å². The molecule has 1 unspecified atom stereocenters. The molecule has 2 amide bonds. The number of fused-ring (bicyclic) bond motifs is 1. The van der Waals surface area contributed by atoms with Gasteiger partial charge in [-0.25, -0.2) is 0 Å². The van der Waals surface area contributed by atoms with Crippen LogP contribution in [0.3, 0.4) is 0 Å². The molecule has 5 heteroatoms. The van der Waals surface area contributed by atoms with Gasteiger partial charge in [0.2, 0.25) is 11.8 Å². The van der Waals surface area contributed by atoms with Crippen LogP contribution < -0.4 is 10.6 Å². The molecule has 116 valence electrons. The van der Waals surface area contributed by atoms with E-state index in [4.69, 9.17) is 0 Å². The van der Waals surface area contributed by atoms with E-state index in [0.29, 0.717) is 6.54 Å². The molecule has 0 aliphatic heterocycles. The summed E-state index contributed by atoms with van der Waals surface area (Å²) in [5.41, 5.74) is 0.766. The normalized spacial score (nSPS) is 11.9. The van der Waals surface area contributed by atoms with Crippen LogP contribution in [0, 0.1) is 0 Å². The molecular weight excluding hydrogens is 344 g/mol. The second kappa shape index (κ2) is 7.94. The van der Waals surface area contributed by atoms with Crippen molar-refractivity contribution in [3.63, 3.8) is 0 Å². The van der Waals surface area contributed by atoms with Crippen molar-refractivity contribution in [1.29, 1.82) is 0 Å². The van der Waals surface area contributed by atoms with Gasteiger partial charge >= 0.3 is 0 Å². The smallest absolute Gasteiger partial charge is 0.233 e. The average Bonchev–Trinajstić information content (AvgIpc) is 2.53. The van der Waals surface area contributed by atoms with Gasteiger partial charge in [-0.15, -0.1) is 0 Å². The average molecular weight is 363 g/mol. The SMILES string of the molecule is CCC(Br)C(=O)NCCC(=O)Nc1ccc2ccccc2c1. The van der Waals surface area contributed by atoms with Gasteiger partial charge in [0.15, 0.2) is 0 Å². The van der Waals surface area contributed by atoms with E-state index in [1.54, 1.807) is 0 Å². The largest absolute Gasteiger partial charge is 0.355 e. The minimum absolute atomic E-state index is 0.0824. The van der Waals surface area contributed by atoms with E-state index in [1.165, 1.54) is 0 Å². The standard InChI is InChI=1S/C17H19BrN2O2/c1-2-15(18)17(22)19-10-9-16(21)20-14-8-7-12-5-3-4-6-13(12)11-14/h3-8,11,15H,2,9-10H2,1H3,(H,19,22)(H,20,21). The Morgan fingerprint density at radius 3 is 2.59 bits per heavy atom. The van der Waals surface area contributed by atoms with Crippen LogP contribution >= 0.6 is 15.9 Å². The number of hydrogen-bond donors (Lipinski definition) is 2. The fourth-order valence-electron chi connectivity index (χ4n) is 2.09. The summed E-state index contributed by atoms with van der Waals surface area (Å²) in [6, 6.07) is 13.8. The number of carbonyl (C=O) groups is 2. The van der Waals surface area contributed by atoms with Gasteiger partial charge in [-0.1, -0.05) is 53.2 Å². The first kappa shape index (κ1) is 16.5. The van der Waals surface area contributed by atoms with Crippen molar-refractivity contribution in [2.45, 2.75) is 24.6 Å². The Morgan fingerprint density at radius 1 is 1.14 bits per heavy atom. The first-order valence-electron chi connectivity index (χ1n) is 7.30. The zero-order valence-electron chi connectivity index (χ0n) is 12.4. The van der Waals surface area contributed by atoms with Crippen LogP contribution in [0.4, 0.5) is 5.69 Å². The highest BCUT2D eigenvalue weighted by Crippen LogP contribution is 2.18. The van der Waals surface area contributed by atoms with E-state index in [1.807, 2.05) is 49.4 Å². The first-order valence-corrected chi connectivity index (χ1v) is 8.22. The van der Waals surface area contributed by atoms with Crippen molar-refractivity contribution in [3.8, 4) is 0 Å². The zero-order chi connectivity index (χ0) is 15.9. The summed E-state index contributed by atoms with van der Waals surface area (Å²) >= 11 is 3.27. The van der Waals surface area contributed by atoms with Gasteiger partial charge in [0.1, 0.15) is 0 Å². The van der Waals surface area contributed by atoms with Crippen LogP contribution in [-0.4, -0.2) is 23.2 Å². The second-order valence-corrected chi connectivity index (χ2v) is 6.13. The molecule has 0 aromatic heterocycles. The quantitative estimate of drug-likeness (QED) is 0.773. The summed E-state index contributed by atoms with van der Waals surface area (Å²) in [5.74, 6) is -0.195. The monoisotopic (exact) mass is 362 g/mol. The predicted octanol–water partition coefficient (Wildman–Crippen LogP) is 3.46. The lowest BCUT2D eigenvalue weighted by molar-refractivity contribution is -0.120. The van der Waals surface area contributed by atoms with Crippen LogP contribution in [-0.2, 0) is 9.59 Å². The number of amides is 2.